The Morgan fingerprint density at radius 2 is 1.87 bits per heavy atom. The highest BCUT2D eigenvalue weighted by Crippen LogP contribution is 2.54. The third-order valence-electron chi connectivity index (χ3n) is 4.88. The number of carbonyl (C=O) groups excluding carboxylic acids is 1. The summed E-state index contributed by atoms with van der Waals surface area (Å²) in [5.41, 5.74) is 1.33. The lowest BCUT2D eigenvalue weighted by molar-refractivity contribution is 0.0553. The van der Waals surface area contributed by atoms with Crippen molar-refractivity contribution >= 4 is 11.8 Å². The van der Waals surface area contributed by atoms with E-state index in [1.54, 1.807) is 4.90 Å². The predicted octanol–water partition coefficient (Wildman–Crippen LogP) is 2.51. The third-order valence-corrected chi connectivity index (χ3v) is 4.88. The molecular formula is C18H25NO4. The highest BCUT2D eigenvalue weighted by molar-refractivity contribution is 5.92. The summed E-state index contributed by atoms with van der Waals surface area (Å²) in [6.07, 6.45) is 0.338. The fraction of sp³-hybridized carbons (Fsp3) is 0.611. The van der Waals surface area contributed by atoms with Crippen molar-refractivity contribution < 1.29 is 19.7 Å². The van der Waals surface area contributed by atoms with Crippen molar-refractivity contribution in [2.24, 2.45) is 11.8 Å². The van der Waals surface area contributed by atoms with E-state index >= 15 is 0 Å². The third kappa shape index (κ3) is 2.72. The van der Waals surface area contributed by atoms with Gasteiger partial charge in [-0.1, -0.05) is 18.2 Å². The second-order valence-electron chi connectivity index (χ2n) is 7.55. The van der Waals surface area contributed by atoms with Gasteiger partial charge in [0.05, 0.1) is 11.7 Å². The molecule has 3 rings (SSSR count). The molecule has 2 N–H and O–H groups in total. The van der Waals surface area contributed by atoms with E-state index in [-0.39, 0.29) is 43.1 Å². The molecule has 0 spiro atoms. The number of ether oxygens (including phenoxy) is 1. The monoisotopic (exact) mass is 319 g/mol. The number of hydrogen-bond donors (Lipinski definition) is 2. The molecule has 5 nitrogen and oxygen atoms in total. The molecule has 1 heterocycles. The van der Waals surface area contributed by atoms with Crippen LogP contribution in [0.2, 0.25) is 0 Å². The first-order valence-electron chi connectivity index (χ1n) is 8.20. The van der Waals surface area contributed by atoms with Gasteiger partial charge in [0.1, 0.15) is 5.60 Å². The molecule has 126 valence electrons. The highest BCUT2D eigenvalue weighted by Gasteiger charge is 2.54. The molecule has 5 heteroatoms. The van der Waals surface area contributed by atoms with Gasteiger partial charge in [0, 0.05) is 25.0 Å². The molecule has 1 aliphatic carbocycles. The molecule has 23 heavy (non-hydrogen) atoms. The van der Waals surface area contributed by atoms with Crippen LogP contribution in [0.5, 0.6) is 0 Å². The van der Waals surface area contributed by atoms with Crippen LogP contribution in [0.3, 0.4) is 0 Å². The van der Waals surface area contributed by atoms with Crippen LogP contribution < -0.4 is 4.90 Å². The average Bonchev–Trinajstić information content (AvgIpc) is 3.00. The minimum absolute atomic E-state index is 0.00491. The molecule has 1 aromatic carbocycles. The number of benzene rings is 1. The zero-order chi connectivity index (χ0) is 16.8. The second-order valence-corrected chi connectivity index (χ2v) is 7.55. The number of carbonyl (C=O) groups is 1. The number of aliphatic hydroxyl groups excluding tert-OH is 2. The van der Waals surface area contributed by atoms with Crippen molar-refractivity contribution in [3.05, 3.63) is 29.8 Å². The summed E-state index contributed by atoms with van der Waals surface area (Å²) in [5.74, 6) is 0.0728. The second kappa shape index (κ2) is 5.80. The van der Waals surface area contributed by atoms with E-state index in [9.17, 15) is 15.0 Å². The van der Waals surface area contributed by atoms with Gasteiger partial charge < -0.3 is 14.9 Å². The van der Waals surface area contributed by atoms with Crippen LogP contribution in [0.1, 0.15) is 38.7 Å². The first kappa shape index (κ1) is 16.3. The fourth-order valence-corrected chi connectivity index (χ4v) is 4.11. The van der Waals surface area contributed by atoms with Gasteiger partial charge in [-0.25, -0.2) is 4.79 Å². The van der Waals surface area contributed by atoms with E-state index < -0.39 is 5.60 Å². The van der Waals surface area contributed by atoms with E-state index in [0.717, 1.165) is 17.7 Å². The Morgan fingerprint density at radius 1 is 1.22 bits per heavy atom. The first-order valence-corrected chi connectivity index (χ1v) is 8.20. The van der Waals surface area contributed by atoms with Crippen LogP contribution >= 0.6 is 0 Å². The number of anilines is 1. The van der Waals surface area contributed by atoms with Gasteiger partial charge in [0.15, 0.2) is 0 Å². The van der Waals surface area contributed by atoms with Gasteiger partial charge in [-0.3, -0.25) is 4.90 Å². The van der Waals surface area contributed by atoms with Crippen molar-refractivity contribution in [1.82, 2.24) is 0 Å². The molecule has 4 atom stereocenters. The summed E-state index contributed by atoms with van der Waals surface area (Å²) in [5, 5.41) is 19.5. The van der Waals surface area contributed by atoms with Crippen molar-refractivity contribution in [1.29, 1.82) is 0 Å². The van der Waals surface area contributed by atoms with Crippen molar-refractivity contribution in [2.75, 3.05) is 18.1 Å². The minimum Gasteiger partial charge on any atom is -0.443 e. The van der Waals surface area contributed by atoms with Crippen LogP contribution in [0.15, 0.2) is 24.3 Å². The quantitative estimate of drug-likeness (QED) is 0.879. The number of fused-ring (bicyclic) bond motifs is 3. The van der Waals surface area contributed by atoms with Crippen LogP contribution in [0.4, 0.5) is 10.5 Å². The van der Waals surface area contributed by atoms with Gasteiger partial charge in [0.25, 0.3) is 0 Å². The summed E-state index contributed by atoms with van der Waals surface area (Å²) in [6.45, 7) is 5.61. The Hall–Kier alpha value is -1.59. The number of para-hydroxylation sites is 1. The molecule has 2 aliphatic rings. The summed E-state index contributed by atoms with van der Waals surface area (Å²) in [4.78, 5) is 14.5. The highest BCUT2D eigenvalue weighted by atomic mass is 16.6. The Morgan fingerprint density at radius 3 is 2.48 bits per heavy atom. The SMILES string of the molecule is CC(C)(C)OC(=O)N1c2ccccc2[C@@H]2[C@@H](CO)C[C@@H](CO)[C@@H]21. The van der Waals surface area contributed by atoms with Gasteiger partial charge >= 0.3 is 6.09 Å². The number of aliphatic hydroxyl groups is 2. The summed E-state index contributed by atoms with van der Waals surface area (Å²) >= 11 is 0. The molecular weight excluding hydrogens is 294 g/mol. The molecule has 0 radical (unpaired) electrons. The van der Waals surface area contributed by atoms with E-state index in [2.05, 4.69) is 0 Å². The maximum absolute atomic E-state index is 12.8. The minimum atomic E-state index is -0.576. The van der Waals surface area contributed by atoms with E-state index in [1.807, 2.05) is 45.0 Å². The molecule has 1 saturated carbocycles. The lowest BCUT2D eigenvalue weighted by atomic mass is 9.89. The Balaban J connectivity index is 2.02. The van der Waals surface area contributed by atoms with Crippen LogP contribution in [0.25, 0.3) is 0 Å². The average molecular weight is 319 g/mol. The number of rotatable bonds is 2. The zero-order valence-corrected chi connectivity index (χ0v) is 13.9. The summed E-state index contributed by atoms with van der Waals surface area (Å²) < 4.78 is 5.59. The first-order chi connectivity index (χ1) is 10.9. The molecule has 0 saturated heterocycles. The van der Waals surface area contributed by atoms with Crippen LogP contribution in [-0.2, 0) is 4.74 Å². The number of hydrogen-bond acceptors (Lipinski definition) is 4. The molecule has 1 amide bonds. The maximum Gasteiger partial charge on any atom is 0.415 e. The summed E-state index contributed by atoms with van der Waals surface area (Å²) in [7, 11) is 0. The van der Waals surface area contributed by atoms with Crippen molar-refractivity contribution in [3.63, 3.8) is 0 Å². The fourth-order valence-electron chi connectivity index (χ4n) is 4.11. The van der Waals surface area contributed by atoms with Crippen LogP contribution in [-0.4, -0.2) is 41.2 Å². The lowest BCUT2D eigenvalue weighted by Crippen LogP contribution is -2.45. The maximum atomic E-state index is 12.8. The molecule has 1 aromatic rings. The molecule has 1 aliphatic heterocycles. The predicted molar refractivity (Wildman–Crippen MR) is 87.5 cm³/mol. The van der Waals surface area contributed by atoms with Crippen LogP contribution in [0, 0.1) is 11.8 Å². The van der Waals surface area contributed by atoms with Gasteiger partial charge in [-0.05, 0) is 44.7 Å². The van der Waals surface area contributed by atoms with E-state index in [1.165, 1.54) is 0 Å². The molecule has 0 aromatic heterocycles. The van der Waals surface area contributed by atoms with E-state index in [0.29, 0.717) is 0 Å². The zero-order valence-electron chi connectivity index (χ0n) is 13.9. The van der Waals surface area contributed by atoms with Gasteiger partial charge in [-0.2, -0.15) is 0 Å². The normalized spacial score (nSPS) is 29.3. The Kier molecular flexibility index (Phi) is 4.10. The van der Waals surface area contributed by atoms with Gasteiger partial charge in [0.2, 0.25) is 0 Å². The lowest BCUT2D eigenvalue weighted by Gasteiger charge is -2.31. The molecule has 0 bridgehead atoms. The van der Waals surface area contributed by atoms with Crippen molar-refractivity contribution in [3.8, 4) is 0 Å². The van der Waals surface area contributed by atoms with Crippen molar-refractivity contribution in [2.45, 2.75) is 44.8 Å². The topological polar surface area (TPSA) is 70.0 Å². The summed E-state index contributed by atoms with van der Waals surface area (Å²) in [6, 6.07) is 7.64. The smallest absolute Gasteiger partial charge is 0.415 e. The van der Waals surface area contributed by atoms with Gasteiger partial charge in [-0.15, -0.1) is 0 Å². The largest absolute Gasteiger partial charge is 0.443 e. The molecule has 1 fully saturated rings. The Bertz CT molecular complexity index is 595. The standard InChI is InChI=1S/C18H25NO4/c1-18(2,3)23-17(22)19-14-7-5-4-6-13(14)15-11(9-20)8-12(10-21)16(15)19/h4-7,11-12,15-16,20-21H,8-10H2,1-3H3/t11-,12+,15+,16+/m1/s1. The number of amides is 1. The Labute approximate surface area is 136 Å². The molecule has 0 unspecified atom stereocenters. The van der Waals surface area contributed by atoms with E-state index in [4.69, 9.17) is 4.74 Å². The number of nitrogens with zero attached hydrogens (tertiary/aromatic N) is 1.